The van der Waals surface area contributed by atoms with Crippen molar-refractivity contribution in [3.05, 3.63) is 0 Å². The van der Waals surface area contributed by atoms with Crippen LogP contribution >= 0.6 is 0 Å². The van der Waals surface area contributed by atoms with E-state index in [9.17, 15) is 4.79 Å². The zero-order valence-electron chi connectivity index (χ0n) is 12.4. The Morgan fingerprint density at radius 2 is 2.11 bits per heavy atom. The topological polar surface area (TPSA) is 32.3 Å². The zero-order chi connectivity index (χ0) is 13.4. The molecule has 0 spiro atoms. The van der Waals surface area contributed by atoms with Crippen molar-refractivity contribution in [2.75, 3.05) is 19.6 Å². The molecule has 1 rings (SSSR count). The van der Waals surface area contributed by atoms with Gasteiger partial charge in [-0.05, 0) is 32.7 Å². The van der Waals surface area contributed by atoms with Crippen LogP contribution in [-0.2, 0) is 4.79 Å². The highest BCUT2D eigenvalue weighted by atomic mass is 16.2. The molecular formula is C15H30N2O. The van der Waals surface area contributed by atoms with Crippen LogP contribution in [0.1, 0.15) is 59.3 Å². The fraction of sp³-hybridized carbons (Fsp3) is 0.933. The van der Waals surface area contributed by atoms with Crippen molar-refractivity contribution in [3.8, 4) is 0 Å². The number of hydrogen-bond donors (Lipinski definition) is 1. The van der Waals surface area contributed by atoms with E-state index >= 15 is 0 Å². The number of nitrogens with zero attached hydrogens (tertiary/aromatic N) is 1. The van der Waals surface area contributed by atoms with E-state index < -0.39 is 0 Å². The Kier molecular flexibility index (Phi) is 7.33. The fourth-order valence-corrected chi connectivity index (χ4v) is 2.75. The molecule has 0 aromatic carbocycles. The highest BCUT2D eigenvalue weighted by Gasteiger charge is 2.29. The summed E-state index contributed by atoms with van der Waals surface area (Å²) in [6, 6.07) is 0.403. The molecule has 1 saturated heterocycles. The molecule has 0 bridgehead atoms. The highest BCUT2D eigenvalue weighted by molar-refractivity contribution is 5.79. The molecule has 2 atom stereocenters. The minimum absolute atomic E-state index is 0.228. The first-order valence-corrected chi connectivity index (χ1v) is 7.71. The predicted molar refractivity (Wildman–Crippen MR) is 76.6 cm³/mol. The number of carbonyl (C=O) groups excluding carboxylic acids is 1. The minimum atomic E-state index is 0.228. The molecule has 1 amide bonds. The Balaban J connectivity index is 2.53. The van der Waals surface area contributed by atoms with E-state index in [-0.39, 0.29) is 5.92 Å². The average Bonchev–Trinajstić information content (AvgIpc) is 2.88. The second-order valence-electron chi connectivity index (χ2n) is 5.57. The Hall–Kier alpha value is -0.570. The summed E-state index contributed by atoms with van der Waals surface area (Å²) >= 11 is 0. The summed E-state index contributed by atoms with van der Waals surface area (Å²) in [5.74, 6) is 0.614. The fourth-order valence-electron chi connectivity index (χ4n) is 2.75. The van der Waals surface area contributed by atoms with Crippen molar-refractivity contribution >= 4 is 5.91 Å². The molecule has 0 saturated carbocycles. The van der Waals surface area contributed by atoms with Crippen LogP contribution in [0.3, 0.4) is 0 Å². The van der Waals surface area contributed by atoms with E-state index in [1.165, 1.54) is 12.8 Å². The number of amides is 1. The molecule has 0 radical (unpaired) electrons. The van der Waals surface area contributed by atoms with Gasteiger partial charge in [0.2, 0.25) is 5.91 Å². The van der Waals surface area contributed by atoms with Crippen LogP contribution in [-0.4, -0.2) is 36.5 Å². The second-order valence-corrected chi connectivity index (χ2v) is 5.57. The van der Waals surface area contributed by atoms with Gasteiger partial charge in [0.05, 0.1) is 5.92 Å². The quantitative estimate of drug-likeness (QED) is 0.676. The van der Waals surface area contributed by atoms with E-state index in [1.807, 2.05) is 0 Å². The molecule has 1 N–H and O–H groups in total. The van der Waals surface area contributed by atoms with Crippen molar-refractivity contribution in [3.63, 3.8) is 0 Å². The van der Waals surface area contributed by atoms with Crippen molar-refractivity contribution < 1.29 is 4.79 Å². The van der Waals surface area contributed by atoms with Crippen molar-refractivity contribution in [2.45, 2.75) is 65.3 Å². The minimum Gasteiger partial charge on any atom is -0.340 e. The summed E-state index contributed by atoms with van der Waals surface area (Å²) < 4.78 is 0. The predicted octanol–water partition coefficient (Wildman–Crippen LogP) is 2.80. The highest BCUT2D eigenvalue weighted by Crippen LogP contribution is 2.17. The van der Waals surface area contributed by atoms with Gasteiger partial charge >= 0.3 is 0 Å². The first-order valence-electron chi connectivity index (χ1n) is 7.71. The second kappa shape index (κ2) is 8.52. The molecule has 1 heterocycles. The molecule has 1 aliphatic rings. The van der Waals surface area contributed by atoms with Crippen LogP contribution in [0.4, 0.5) is 0 Å². The molecule has 0 aliphatic carbocycles. The smallest absolute Gasteiger partial charge is 0.227 e. The number of nitrogens with one attached hydrogen (secondary N) is 1. The first-order chi connectivity index (χ1) is 8.70. The molecule has 18 heavy (non-hydrogen) atoms. The first kappa shape index (κ1) is 15.5. The van der Waals surface area contributed by atoms with Gasteiger partial charge in [-0.15, -0.1) is 0 Å². The van der Waals surface area contributed by atoms with Gasteiger partial charge in [0.25, 0.3) is 0 Å². The molecule has 3 heteroatoms. The van der Waals surface area contributed by atoms with Gasteiger partial charge in [0.1, 0.15) is 0 Å². The van der Waals surface area contributed by atoms with Crippen molar-refractivity contribution in [1.29, 1.82) is 0 Å². The maximum Gasteiger partial charge on any atom is 0.227 e. The third-order valence-electron chi connectivity index (χ3n) is 3.93. The van der Waals surface area contributed by atoms with Gasteiger partial charge in [-0.25, -0.2) is 0 Å². The molecule has 1 fully saturated rings. The van der Waals surface area contributed by atoms with E-state index in [4.69, 9.17) is 0 Å². The maximum absolute atomic E-state index is 12.5. The molecular weight excluding hydrogens is 224 g/mol. The SMILES string of the molecule is CCCCCN(C(=O)C1CCNC1)C(C)CCC. The van der Waals surface area contributed by atoms with E-state index in [0.717, 1.165) is 45.3 Å². The summed E-state index contributed by atoms with van der Waals surface area (Å²) in [7, 11) is 0. The monoisotopic (exact) mass is 254 g/mol. The summed E-state index contributed by atoms with van der Waals surface area (Å²) in [4.78, 5) is 14.7. The number of hydrogen-bond acceptors (Lipinski definition) is 2. The normalized spacial score (nSPS) is 20.9. The van der Waals surface area contributed by atoms with Gasteiger partial charge in [0, 0.05) is 19.1 Å². The molecule has 2 unspecified atom stereocenters. The Labute approximate surface area is 112 Å². The third kappa shape index (κ3) is 4.60. The lowest BCUT2D eigenvalue weighted by atomic mass is 10.0. The van der Waals surface area contributed by atoms with Crippen molar-refractivity contribution in [1.82, 2.24) is 10.2 Å². The van der Waals surface area contributed by atoms with Crippen LogP contribution in [0.2, 0.25) is 0 Å². The third-order valence-corrected chi connectivity index (χ3v) is 3.93. The van der Waals surface area contributed by atoms with Crippen LogP contribution < -0.4 is 5.32 Å². The lowest BCUT2D eigenvalue weighted by Crippen LogP contribution is -2.43. The van der Waals surface area contributed by atoms with Crippen LogP contribution in [0.5, 0.6) is 0 Å². The van der Waals surface area contributed by atoms with Gasteiger partial charge in [-0.3, -0.25) is 4.79 Å². The van der Waals surface area contributed by atoms with E-state index in [2.05, 4.69) is 31.0 Å². The van der Waals surface area contributed by atoms with Crippen LogP contribution in [0, 0.1) is 5.92 Å². The van der Waals surface area contributed by atoms with Crippen LogP contribution in [0.15, 0.2) is 0 Å². The van der Waals surface area contributed by atoms with Crippen LogP contribution in [0.25, 0.3) is 0 Å². The summed E-state index contributed by atoms with van der Waals surface area (Å²) in [6.45, 7) is 9.44. The molecule has 106 valence electrons. The molecule has 0 aromatic rings. The zero-order valence-corrected chi connectivity index (χ0v) is 12.4. The van der Waals surface area contributed by atoms with Gasteiger partial charge in [-0.2, -0.15) is 0 Å². The molecule has 3 nitrogen and oxygen atoms in total. The summed E-state index contributed by atoms with van der Waals surface area (Å²) in [5, 5.41) is 3.30. The number of unbranched alkanes of at least 4 members (excludes halogenated alkanes) is 2. The van der Waals surface area contributed by atoms with E-state index in [0.29, 0.717) is 11.9 Å². The Bertz CT molecular complexity index is 237. The Morgan fingerprint density at radius 1 is 1.33 bits per heavy atom. The van der Waals surface area contributed by atoms with Gasteiger partial charge in [-0.1, -0.05) is 33.1 Å². The van der Waals surface area contributed by atoms with Gasteiger partial charge < -0.3 is 10.2 Å². The molecule has 1 aliphatic heterocycles. The van der Waals surface area contributed by atoms with Gasteiger partial charge in [0.15, 0.2) is 0 Å². The number of carbonyl (C=O) groups is 1. The largest absolute Gasteiger partial charge is 0.340 e. The Morgan fingerprint density at radius 3 is 2.67 bits per heavy atom. The molecule has 0 aromatic heterocycles. The summed E-state index contributed by atoms with van der Waals surface area (Å²) in [6.07, 6.45) is 6.89. The van der Waals surface area contributed by atoms with E-state index in [1.54, 1.807) is 0 Å². The average molecular weight is 254 g/mol. The lowest BCUT2D eigenvalue weighted by molar-refractivity contribution is -0.137. The lowest BCUT2D eigenvalue weighted by Gasteiger charge is -2.31. The van der Waals surface area contributed by atoms with Crippen molar-refractivity contribution in [2.24, 2.45) is 5.92 Å². The summed E-state index contributed by atoms with van der Waals surface area (Å²) in [5.41, 5.74) is 0. The maximum atomic E-state index is 12.5. The standard InChI is InChI=1S/C15H30N2O/c1-4-6-7-11-17(13(3)8-5-2)15(18)14-9-10-16-12-14/h13-14,16H,4-12H2,1-3H3. The number of rotatable bonds is 8.